The van der Waals surface area contributed by atoms with Crippen LogP contribution in [0.15, 0.2) is 66.9 Å². The maximum Gasteiger partial charge on any atom is 0.416 e. The van der Waals surface area contributed by atoms with Crippen molar-refractivity contribution in [2.45, 2.75) is 56.0 Å². The first kappa shape index (κ1) is 27.8. The standard InChI is InChI=1S/C27H24ClF6N3O/c28-19-11-13-23(35-16-19)25(15-17-6-2-1-3-7-17,37-24(38)36-20-8-4-5-9-20)22-14-18(26(29,30)31)10-12-21(22)27(32,33)34/h1-3,6-7,10-14,16,20H,4-5,8-9,15H2,(H2,36,37,38)/t25-/m0/s1. The second-order valence-corrected chi connectivity index (χ2v) is 9.70. The topological polar surface area (TPSA) is 54.0 Å². The summed E-state index contributed by atoms with van der Waals surface area (Å²) in [5, 5.41) is 5.56. The SMILES string of the molecule is O=C(NC1CCCC1)N[C@](Cc1ccccc1)(c1ccc(Cl)cn1)c1cc(C(F)(F)F)ccc1C(F)(F)F. The van der Waals surface area contributed by atoms with Gasteiger partial charge < -0.3 is 10.6 Å². The van der Waals surface area contributed by atoms with Gasteiger partial charge >= 0.3 is 18.4 Å². The summed E-state index contributed by atoms with van der Waals surface area (Å²) in [6.07, 6.45) is -5.96. The highest BCUT2D eigenvalue weighted by Crippen LogP contribution is 2.44. The minimum absolute atomic E-state index is 0.0999. The number of urea groups is 1. The van der Waals surface area contributed by atoms with Gasteiger partial charge in [0.25, 0.3) is 0 Å². The lowest BCUT2D eigenvalue weighted by Gasteiger charge is -2.37. The number of alkyl halides is 6. The van der Waals surface area contributed by atoms with E-state index < -0.39 is 40.6 Å². The van der Waals surface area contributed by atoms with Gasteiger partial charge in [-0.2, -0.15) is 26.3 Å². The van der Waals surface area contributed by atoms with Crippen molar-refractivity contribution in [2.24, 2.45) is 0 Å². The van der Waals surface area contributed by atoms with Crippen molar-refractivity contribution >= 4 is 17.6 Å². The van der Waals surface area contributed by atoms with Crippen LogP contribution in [0.25, 0.3) is 0 Å². The summed E-state index contributed by atoms with van der Waals surface area (Å²) >= 11 is 5.99. The molecule has 4 nitrogen and oxygen atoms in total. The number of hydrogen-bond acceptors (Lipinski definition) is 2. The van der Waals surface area contributed by atoms with Crippen LogP contribution in [0.1, 0.15) is 53.6 Å². The Balaban J connectivity index is 1.99. The van der Waals surface area contributed by atoms with Crippen LogP contribution in [0.2, 0.25) is 5.02 Å². The number of carbonyl (C=O) groups excluding carboxylic acids is 1. The number of nitrogens with one attached hydrogen (secondary N) is 2. The number of aromatic nitrogens is 1. The third-order valence-electron chi connectivity index (χ3n) is 6.61. The second kappa shape index (κ2) is 10.8. The first-order chi connectivity index (χ1) is 17.9. The van der Waals surface area contributed by atoms with E-state index in [0.29, 0.717) is 36.6 Å². The molecule has 4 rings (SSSR count). The molecule has 0 radical (unpaired) electrons. The summed E-state index contributed by atoms with van der Waals surface area (Å²) < 4.78 is 84.4. The van der Waals surface area contributed by atoms with Gasteiger partial charge in [-0.15, -0.1) is 0 Å². The van der Waals surface area contributed by atoms with E-state index in [4.69, 9.17) is 11.6 Å². The monoisotopic (exact) mass is 555 g/mol. The number of pyridine rings is 1. The molecule has 2 N–H and O–H groups in total. The van der Waals surface area contributed by atoms with Gasteiger partial charge in [-0.25, -0.2) is 4.79 Å². The molecule has 1 heterocycles. The largest absolute Gasteiger partial charge is 0.416 e. The van der Waals surface area contributed by atoms with Crippen LogP contribution in [-0.4, -0.2) is 17.1 Å². The van der Waals surface area contributed by atoms with E-state index in [-0.39, 0.29) is 23.2 Å². The van der Waals surface area contributed by atoms with E-state index in [2.05, 4.69) is 15.6 Å². The first-order valence-corrected chi connectivity index (χ1v) is 12.3. The molecule has 0 saturated heterocycles. The zero-order chi connectivity index (χ0) is 27.6. The number of carbonyl (C=O) groups is 1. The fraction of sp³-hybridized carbons (Fsp3) is 0.333. The molecular formula is C27H24ClF6N3O. The normalized spacial score (nSPS) is 16.2. The van der Waals surface area contributed by atoms with Crippen LogP contribution in [0.3, 0.4) is 0 Å². The number of benzene rings is 2. The molecule has 1 aliphatic carbocycles. The molecule has 202 valence electrons. The highest BCUT2D eigenvalue weighted by atomic mass is 35.5. The van der Waals surface area contributed by atoms with Crippen LogP contribution in [0.4, 0.5) is 31.1 Å². The van der Waals surface area contributed by atoms with Gasteiger partial charge in [0.2, 0.25) is 0 Å². The third kappa shape index (κ3) is 6.23. The Bertz CT molecular complexity index is 1260. The summed E-state index contributed by atoms with van der Waals surface area (Å²) in [6, 6.07) is 11.1. The van der Waals surface area contributed by atoms with Crippen LogP contribution >= 0.6 is 11.6 Å². The zero-order valence-corrected chi connectivity index (χ0v) is 20.7. The van der Waals surface area contributed by atoms with Crippen LogP contribution in [0, 0.1) is 0 Å². The summed E-state index contributed by atoms with van der Waals surface area (Å²) in [5.74, 6) is 0. The minimum Gasteiger partial charge on any atom is -0.335 e. The Morgan fingerprint density at radius 1 is 0.895 bits per heavy atom. The Labute approximate surface area is 220 Å². The zero-order valence-electron chi connectivity index (χ0n) is 20.0. The molecule has 11 heteroatoms. The van der Waals surface area contributed by atoms with Gasteiger partial charge in [0.05, 0.1) is 21.8 Å². The Hall–Kier alpha value is -3.27. The van der Waals surface area contributed by atoms with Gasteiger partial charge in [-0.1, -0.05) is 54.8 Å². The van der Waals surface area contributed by atoms with Crippen LogP contribution in [-0.2, 0) is 24.3 Å². The molecule has 1 fully saturated rings. The van der Waals surface area contributed by atoms with Gasteiger partial charge in [0.15, 0.2) is 0 Å². The maximum atomic E-state index is 14.3. The first-order valence-electron chi connectivity index (χ1n) is 11.9. The molecule has 0 aliphatic heterocycles. The number of amides is 2. The van der Waals surface area contributed by atoms with Crippen molar-refractivity contribution in [1.82, 2.24) is 15.6 Å². The van der Waals surface area contributed by atoms with E-state index in [0.717, 1.165) is 12.8 Å². The van der Waals surface area contributed by atoms with Gasteiger partial charge in [-0.3, -0.25) is 4.98 Å². The average Bonchev–Trinajstić information content (AvgIpc) is 3.36. The quantitative estimate of drug-likeness (QED) is 0.309. The van der Waals surface area contributed by atoms with Crippen molar-refractivity contribution in [2.75, 3.05) is 0 Å². The molecule has 38 heavy (non-hydrogen) atoms. The number of nitrogens with zero attached hydrogens (tertiary/aromatic N) is 1. The summed E-state index contributed by atoms with van der Waals surface area (Å²) in [6.45, 7) is 0. The Morgan fingerprint density at radius 2 is 1.58 bits per heavy atom. The minimum atomic E-state index is -5.03. The average molecular weight is 556 g/mol. The number of hydrogen-bond donors (Lipinski definition) is 2. The van der Waals surface area contributed by atoms with Crippen molar-refractivity contribution in [3.8, 4) is 0 Å². The van der Waals surface area contributed by atoms with E-state index in [9.17, 15) is 31.1 Å². The molecule has 0 bridgehead atoms. The van der Waals surface area contributed by atoms with E-state index in [1.165, 1.54) is 18.3 Å². The fourth-order valence-corrected chi connectivity index (χ4v) is 4.95. The molecule has 1 aromatic heterocycles. The van der Waals surface area contributed by atoms with Crippen LogP contribution in [0.5, 0.6) is 0 Å². The van der Waals surface area contributed by atoms with Gasteiger partial charge in [0.1, 0.15) is 5.54 Å². The van der Waals surface area contributed by atoms with Crippen molar-refractivity contribution in [3.05, 3.63) is 99.8 Å². The van der Waals surface area contributed by atoms with E-state index in [1.807, 2.05) is 0 Å². The molecular weight excluding hydrogens is 532 g/mol. The predicted octanol–water partition coefficient (Wildman–Crippen LogP) is 7.50. The van der Waals surface area contributed by atoms with Crippen molar-refractivity contribution in [3.63, 3.8) is 0 Å². The number of rotatable bonds is 6. The molecule has 1 aliphatic rings. The van der Waals surface area contributed by atoms with Gasteiger partial charge in [0, 0.05) is 18.7 Å². The number of halogens is 7. The van der Waals surface area contributed by atoms with Crippen molar-refractivity contribution < 1.29 is 31.1 Å². The Kier molecular flexibility index (Phi) is 7.92. The highest BCUT2D eigenvalue weighted by Gasteiger charge is 2.47. The molecule has 2 amide bonds. The smallest absolute Gasteiger partial charge is 0.335 e. The van der Waals surface area contributed by atoms with Crippen molar-refractivity contribution in [1.29, 1.82) is 0 Å². The lowest BCUT2D eigenvalue weighted by atomic mass is 9.77. The van der Waals surface area contributed by atoms with E-state index >= 15 is 0 Å². The molecule has 0 unspecified atom stereocenters. The maximum absolute atomic E-state index is 14.3. The molecule has 3 aromatic rings. The fourth-order valence-electron chi connectivity index (χ4n) is 4.84. The molecule has 1 atom stereocenters. The molecule has 0 spiro atoms. The molecule has 1 saturated carbocycles. The molecule has 2 aromatic carbocycles. The lowest BCUT2D eigenvalue weighted by molar-refractivity contribution is -0.142. The summed E-state index contributed by atoms with van der Waals surface area (Å²) in [7, 11) is 0. The van der Waals surface area contributed by atoms with Crippen LogP contribution < -0.4 is 10.6 Å². The van der Waals surface area contributed by atoms with E-state index in [1.54, 1.807) is 30.3 Å². The van der Waals surface area contributed by atoms with Gasteiger partial charge in [-0.05, 0) is 54.3 Å². The summed E-state index contributed by atoms with van der Waals surface area (Å²) in [5.41, 5.74) is -5.15. The second-order valence-electron chi connectivity index (χ2n) is 9.27. The predicted molar refractivity (Wildman–Crippen MR) is 131 cm³/mol. The highest BCUT2D eigenvalue weighted by molar-refractivity contribution is 6.30. The lowest BCUT2D eigenvalue weighted by Crippen LogP contribution is -2.54. The summed E-state index contributed by atoms with van der Waals surface area (Å²) in [4.78, 5) is 17.5. The third-order valence-corrected chi connectivity index (χ3v) is 6.83. The Morgan fingerprint density at radius 3 is 2.16 bits per heavy atom.